The zero-order valence-corrected chi connectivity index (χ0v) is 12.0. The molecule has 5 nitrogen and oxygen atoms in total. The van der Waals surface area contributed by atoms with E-state index in [0.717, 1.165) is 19.4 Å². The van der Waals surface area contributed by atoms with Crippen molar-refractivity contribution < 1.29 is 9.53 Å². The highest BCUT2D eigenvalue weighted by atomic mass is 16.5. The first-order chi connectivity index (χ1) is 10.3. The van der Waals surface area contributed by atoms with Crippen molar-refractivity contribution >= 4 is 5.97 Å². The molecule has 5 heteroatoms. The maximum Gasteiger partial charge on any atom is 0.337 e. The van der Waals surface area contributed by atoms with Gasteiger partial charge in [0.2, 0.25) is 0 Å². The number of benzene rings is 1. The fraction of sp³-hybridized carbons (Fsp3) is 0.375. The lowest BCUT2D eigenvalue weighted by atomic mass is 9.93. The van der Waals surface area contributed by atoms with Crippen LogP contribution in [0.1, 0.15) is 40.8 Å². The molecule has 0 spiro atoms. The van der Waals surface area contributed by atoms with Crippen molar-refractivity contribution in [1.82, 2.24) is 15.1 Å². The van der Waals surface area contributed by atoms with Crippen LogP contribution in [0.4, 0.5) is 0 Å². The minimum absolute atomic E-state index is 0.291. The first-order valence-corrected chi connectivity index (χ1v) is 7.18. The Balaban J connectivity index is 1.73. The zero-order valence-electron chi connectivity index (χ0n) is 12.0. The molecule has 1 aromatic heterocycles. The van der Waals surface area contributed by atoms with E-state index in [1.807, 2.05) is 47.4 Å². The summed E-state index contributed by atoms with van der Waals surface area (Å²) < 4.78 is 6.76. The van der Waals surface area contributed by atoms with Crippen LogP contribution in [0.2, 0.25) is 0 Å². The minimum Gasteiger partial charge on any atom is -0.465 e. The van der Waals surface area contributed by atoms with Crippen molar-refractivity contribution in [2.24, 2.45) is 0 Å². The van der Waals surface area contributed by atoms with Crippen LogP contribution in [0, 0.1) is 0 Å². The van der Waals surface area contributed by atoms with Gasteiger partial charge in [0.1, 0.15) is 0 Å². The summed E-state index contributed by atoms with van der Waals surface area (Å²) in [6, 6.07) is 10.3. The maximum atomic E-state index is 11.5. The fourth-order valence-corrected chi connectivity index (χ4v) is 2.86. The second kappa shape index (κ2) is 6.10. The highest BCUT2D eigenvalue weighted by Gasteiger charge is 2.24. The van der Waals surface area contributed by atoms with E-state index in [9.17, 15) is 4.79 Å². The predicted octanol–water partition coefficient (Wildman–Crippen LogP) is 2.34. The number of carbonyl (C=O) groups is 1. The number of hydrogen-bond donors (Lipinski definition) is 1. The van der Waals surface area contributed by atoms with E-state index in [0.29, 0.717) is 17.6 Å². The molecule has 0 radical (unpaired) electrons. The molecule has 110 valence electrons. The van der Waals surface area contributed by atoms with Crippen LogP contribution >= 0.6 is 0 Å². The Labute approximate surface area is 123 Å². The highest BCUT2D eigenvalue weighted by Crippen LogP contribution is 2.30. The molecule has 0 aliphatic carbocycles. The van der Waals surface area contributed by atoms with Gasteiger partial charge in [0.05, 0.1) is 18.7 Å². The summed E-state index contributed by atoms with van der Waals surface area (Å²) in [5, 5.41) is 7.88. The largest absolute Gasteiger partial charge is 0.465 e. The van der Waals surface area contributed by atoms with Crippen LogP contribution < -0.4 is 5.32 Å². The molecule has 0 amide bonds. The molecule has 2 atom stereocenters. The van der Waals surface area contributed by atoms with Gasteiger partial charge in [-0.2, -0.15) is 5.10 Å². The number of nitrogens with zero attached hydrogens (tertiary/aromatic N) is 2. The van der Waals surface area contributed by atoms with Gasteiger partial charge >= 0.3 is 5.97 Å². The van der Waals surface area contributed by atoms with Crippen LogP contribution in [-0.2, 0) is 4.74 Å². The van der Waals surface area contributed by atoms with Gasteiger partial charge < -0.3 is 10.1 Å². The van der Waals surface area contributed by atoms with Crippen LogP contribution in [0.5, 0.6) is 0 Å². The molecule has 2 heterocycles. The lowest BCUT2D eigenvalue weighted by Gasteiger charge is -2.31. The molecule has 1 aliphatic heterocycles. The van der Waals surface area contributed by atoms with E-state index in [1.54, 1.807) is 0 Å². The number of nitrogens with one attached hydrogen (secondary N) is 1. The topological polar surface area (TPSA) is 56.2 Å². The van der Waals surface area contributed by atoms with Crippen LogP contribution in [-0.4, -0.2) is 29.4 Å². The third kappa shape index (κ3) is 2.97. The summed E-state index contributed by atoms with van der Waals surface area (Å²) in [5.41, 5.74) is 1.78. The van der Waals surface area contributed by atoms with Gasteiger partial charge in [-0.05, 0) is 43.1 Å². The lowest BCUT2D eigenvalue weighted by Crippen LogP contribution is -2.33. The summed E-state index contributed by atoms with van der Waals surface area (Å²) in [7, 11) is 1.40. The van der Waals surface area contributed by atoms with E-state index in [4.69, 9.17) is 4.74 Å². The van der Waals surface area contributed by atoms with E-state index in [2.05, 4.69) is 10.4 Å². The standard InChI is InChI=1S/C16H19N3O2/c1-21-16(20)13-5-3-12(4-6-13)15-11-14(7-9-17-15)19-10-2-8-18-19/h2-6,8,10,14-15,17H,7,9,11H2,1H3/t14?,15-/m0/s1. The highest BCUT2D eigenvalue weighted by molar-refractivity contribution is 5.89. The molecule has 1 unspecified atom stereocenters. The summed E-state index contributed by atoms with van der Waals surface area (Å²) in [5.74, 6) is -0.299. The third-order valence-electron chi connectivity index (χ3n) is 4.01. The van der Waals surface area contributed by atoms with Crippen LogP contribution in [0.15, 0.2) is 42.7 Å². The van der Waals surface area contributed by atoms with Crippen molar-refractivity contribution in [3.63, 3.8) is 0 Å². The number of methoxy groups -OCH3 is 1. The van der Waals surface area contributed by atoms with Crippen LogP contribution in [0.3, 0.4) is 0 Å². The molecule has 21 heavy (non-hydrogen) atoms. The average molecular weight is 285 g/mol. The molecule has 1 fully saturated rings. The van der Waals surface area contributed by atoms with E-state index >= 15 is 0 Å². The normalized spacial score (nSPS) is 22.0. The number of esters is 1. The Kier molecular flexibility index (Phi) is 4.01. The van der Waals surface area contributed by atoms with Gasteiger partial charge in [0, 0.05) is 18.4 Å². The van der Waals surface area contributed by atoms with Crippen LogP contribution in [0.25, 0.3) is 0 Å². The molecule has 0 saturated carbocycles. The average Bonchev–Trinajstić information content (AvgIpc) is 3.09. The Morgan fingerprint density at radius 3 is 2.86 bits per heavy atom. The van der Waals surface area contributed by atoms with E-state index in [1.165, 1.54) is 12.7 Å². The summed E-state index contributed by atoms with van der Waals surface area (Å²) in [4.78, 5) is 11.5. The van der Waals surface area contributed by atoms with E-state index in [-0.39, 0.29) is 5.97 Å². The SMILES string of the molecule is COC(=O)c1ccc([C@@H]2CC(n3cccn3)CCN2)cc1. The molecule has 2 aromatic rings. The Bertz CT molecular complexity index is 592. The number of hydrogen-bond acceptors (Lipinski definition) is 4. The molecule has 0 bridgehead atoms. The molecule has 1 saturated heterocycles. The molecule has 1 aliphatic rings. The van der Waals surface area contributed by atoms with Gasteiger partial charge in [-0.3, -0.25) is 4.68 Å². The molecule has 3 rings (SSSR count). The Hall–Kier alpha value is -2.14. The summed E-state index contributed by atoms with van der Waals surface area (Å²) in [6.07, 6.45) is 5.92. The van der Waals surface area contributed by atoms with E-state index < -0.39 is 0 Å². The van der Waals surface area contributed by atoms with Crippen molar-refractivity contribution in [3.8, 4) is 0 Å². The lowest BCUT2D eigenvalue weighted by molar-refractivity contribution is 0.0600. The number of aromatic nitrogens is 2. The zero-order chi connectivity index (χ0) is 14.7. The number of rotatable bonds is 3. The first-order valence-electron chi connectivity index (χ1n) is 7.18. The predicted molar refractivity (Wildman–Crippen MR) is 79.0 cm³/mol. The minimum atomic E-state index is -0.299. The maximum absolute atomic E-state index is 11.5. The van der Waals surface area contributed by atoms with Gasteiger partial charge in [-0.15, -0.1) is 0 Å². The molecular weight excluding hydrogens is 266 g/mol. The smallest absolute Gasteiger partial charge is 0.337 e. The summed E-state index contributed by atoms with van der Waals surface area (Å²) >= 11 is 0. The first kappa shape index (κ1) is 13.8. The monoisotopic (exact) mass is 285 g/mol. The Morgan fingerprint density at radius 1 is 1.38 bits per heavy atom. The number of carbonyl (C=O) groups excluding carboxylic acids is 1. The molecular formula is C16H19N3O2. The quantitative estimate of drug-likeness (QED) is 0.879. The number of ether oxygens (including phenoxy) is 1. The van der Waals surface area contributed by atoms with Crippen molar-refractivity contribution in [2.75, 3.05) is 13.7 Å². The second-order valence-corrected chi connectivity index (χ2v) is 5.28. The Morgan fingerprint density at radius 2 is 2.19 bits per heavy atom. The fourth-order valence-electron chi connectivity index (χ4n) is 2.86. The second-order valence-electron chi connectivity index (χ2n) is 5.28. The third-order valence-corrected chi connectivity index (χ3v) is 4.01. The molecule has 1 N–H and O–H groups in total. The van der Waals surface area contributed by atoms with Gasteiger partial charge in [0.15, 0.2) is 0 Å². The van der Waals surface area contributed by atoms with Crippen molar-refractivity contribution in [3.05, 3.63) is 53.9 Å². The number of piperidine rings is 1. The summed E-state index contributed by atoms with van der Waals surface area (Å²) in [6.45, 7) is 0.966. The van der Waals surface area contributed by atoms with Crippen molar-refractivity contribution in [1.29, 1.82) is 0 Å². The molecule has 1 aromatic carbocycles. The van der Waals surface area contributed by atoms with Crippen molar-refractivity contribution in [2.45, 2.75) is 24.9 Å². The van der Waals surface area contributed by atoms with Gasteiger partial charge in [0.25, 0.3) is 0 Å². The van der Waals surface area contributed by atoms with Gasteiger partial charge in [-0.25, -0.2) is 4.79 Å². The van der Waals surface area contributed by atoms with Gasteiger partial charge in [-0.1, -0.05) is 12.1 Å².